The van der Waals surface area contributed by atoms with E-state index in [-0.39, 0.29) is 11.3 Å². The van der Waals surface area contributed by atoms with Gasteiger partial charge in [0, 0.05) is 20.0 Å². The number of hydrogen-bond donors (Lipinski definition) is 0. The third-order valence-electron chi connectivity index (χ3n) is 5.07. The first kappa shape index (κ1) is 16.0. The first-order valence-electron chi connectivity index (χ1n) is 8.59. The first-order valence-corrected chi connectivity index (χ1v) is 8.59. The highest BCUT2D eigenvalue weighted by molar-refractivity contribution is 5.89. The van der Waals surface area contributed by atoms with E-state index in [0.717, 1.165) is 19.5 Å². The van der Waals surface area contributed by atoms with Gasteiger partial charge in [0.25, 0.3) is 0 Å². The Morgan fingerprint density at radius 3 is 2.48 bits per heavy atom. The molecule has 0 saturated carbocycles. The summed E-state index contributed by atoms with van der Waals surface area (Å²) in [4.78, 5) is 13.9. The maximum atomic E-state index is 11.9. The molecule has 0 N–H and O–H groups in total. The molecule has 2 aromatic carbocycles. The minimum absolute atomic E-state index is 0.120. The fraction of sp³-hybridized carbons (Fsp3) is 0.476. The zero-order valence-corrected chi connectivity index (χ0v) is 14.9. The highest BCUT2D eigenvalue weighted by Gasteiger charge is 2.32. The van der Waals surface area contributed by atoms with E-state index in [9.17, 15) is 4.79 Å². The van der Waals surface area contributed by atoms with Crippen LogP contribution in [0.3, 0.4) is 0 Å². The molecule has 2 aromatic rings. The molecule has 2 nitrogen and oxygen atoms in total. The highest BCUT2D eigenvalue weighted by atomic mass is 16.2. The lowest BCUT2D eigenvalue weighted by Crippen LogP contribution is -2.24. The lowest BCUT2D eigenvalue weighted by atomic mass is 9.74. The molecule has 0 saturated heterocycles. The molecule has 0 aliphatic carbocycles. The van der Waals surface area contributed by atoms with Crippen molar-refractivity contribution in [2.24, 2.45) is 5.92 Å². The van der Waals surface area contributed by atoms with E-state index in [4.69, 9.17) is 0 Å². The van der Waals surface area contributed by atoms with Crippen molar-refractivity contribution in [3.05, 3.63) is 47.0 Å². The predicted molar refractivity (Wildman–Crippen MR) is 96.4 cm³/mol. The molecule has 0 atom stereocenters. The summed E-state index contributed by atoms with van der Waals surface area (Å²) in [5.74, 6) is 0.815. The van der Waals surface area contributed by atoms with E-state index in [0.29, 0.717) is 5.92 Å². The lowest BCUT2D eigenvalue weighted by Gasteiger charge is -2.30. The molecule has 23 heavy (non-hydrogen) atoms. The second-order valence-electron chi connectivity index (χ2n) is 7.96. The molecule has 0 unspecified atom stereocenters. The van der Waals surface area contributed by atoms with Gasteiger partial charge in [-0.1, -0.05) is 58.0 Å². The number of rotatable bonds is 3. The van der Waals surface area contributed by atoms with Gasteiger partial charge in [0.1, 0.15) is 0 Å². The van der Waals surface area contributed by atoms with Crippen molar-refractivity contribution in [3.63, 3.8) is 0 Å². The van der Waals surface area contributed by atoms with Crippen molar-refractivity contribution in [1.82, 2.24) is 4.90 Å². The molecule has 0 aromatic heterocycles. The summed E-state index contributed by atoms with van der Waals surface area (Å²) in [7, 11) is 0. The van der Waals surface area contributed by atoms with Gasteiger partial charge in [0.2, 0.25) is 5.91 Å². The monoisotopic (exact) mass is 309 g/mol. The van der Waals surface area contributed by atoms with Crippen LogP contribution < -0.4 is 0 Å². The topological polar surface area (TPSA) is 20.3 Å². The van der Waals surface area contributed by atoms with Crippen molar-refractivity contribution >= 4 is 16.7 Å². The Hall–Kier alpha value is -1.83. The van der Waals surface area contributed by atoms with Crippen molar-refractivity contribution in [2.75, 3.05) is 0 Å². The van der Waals surface area contributed by atoms with Crippen molar-refractivity contribution < 1.29 is 4.79 Å². The molecule has 122 valence electrons. The Morgan fingerprint density at radius 2 is 1.83 bits per heavy atom. The highest BCUT2D eigenvalue weighted by Crippen LogP contribution is 2.41. The lowest BCUT2D eigenvalue weighted by molar-refractivity contribution is -0.129. The maximum absolute atomic E-state index is 11.9. The minimum Gasteiger partial charge on any atom is -0.334 e. The summed E-state index contributed by atoms with van der Waals surface area (Å²) in [6, 6.07) is 10.9. The summed E-state index contributed by atoms with van der Waals surface area (Å²) >= 11 is 0. The second kappa shape index (κ2) is 5.67. The van der Waals surface area contributed by atoms with Gasteiger partial charge in [0.05, 0.1) is 0 Å². The molecular weight excluding hydrogens is 282 g/mol. The van der Waals surface area contributed by atoms with Crippen molar-refractivity contribution in [2.45, 2.75) is 59.5 Å². The van der Waals surface area contributed by atoms with Crippen LogP contribution in [0.2, 0.25) is 0 Å². The molecule has 3 rings (SSSR count). The number of benzene rings is 2. The van der Waals surface area contributed by atoms with Gasteiger partial charge < -0.3 is 4.90 Å². The Kier molecular flexibility index (Phi) is 3.95. The molecule has 2 heteroatoms. The summed E-state index contributed by atoms with van der Waals surface area (Å²) in [6.07, 6.45) is 1.15. The first-order chi connectivity index (χ1) is 10.8. The minimum atomic E-state index is 0.120. The standard InChI is InChI=1S/C21H27NO/c1-14(2)11-21(4,5)20-10-16-8-6-7-9-17(16)18-12-22(15(3)23)13-19(18)20/h6-10,14H,11-13H2,1-5H3. The van der Waals surface area contributed by atoms with Crippen LogP contribution in [0.25, 0.3) is 10.8 Å². The Balaban J connectivity index is 2.20. The van der Waals surface area contributed by atoms with Crippen LogP contribution in [-0.4, -0.2) is 10.8 Å². The molecule has 1 amide bonds. The molecular formula is C21H27NO. The number of amides is 1. The normalized spacial score (nSPS) is 14.6. The molecule has 1 aliphatic heterocycles. The SMILES string of the molecule is CC(=O)N1Cc2c(C(C)(C)CC(C)C)cc3ccccc3c2C1. The van der Waals surface area contributed by atoms with Crippen LogP contribution in [0.15, 0.2) is 30.3 Å². The third kappa shape index (κ3) is 2.87. The van der Waals surface area contributed by atoms with Crippen LogP contribution in [-0.2, 0) is 23.3 Å². The molecule has 1 heterocycles. The van der Waals surface area contributed by atoms with E-state index in [1.54, 1.807) is 6.92 Å². The molecule has 0 spiro atoms. The molecule has 0 bridgehead atoms. The van der Waals surface area contributed by atoms with Gasteiger partial charge in [-0.05, 0) is 45.2 Å². The Labute approximate surface area is 139 Å². The molecule has 1 aliphatic rings. The quantitative estimate of drug-likeness (QED) is 0.779. The predicted octanol–water partition coefficient (Wildman–Crippen LogP) is 5.03. The number of nitrogens with zero attached hydrogens (tertiary/aromatic N) is 1. The van der Waals surface area contributed by atoms with Gasteiger partial charge in [-0.25, -0.2) is 0 Å². The zero-order chi connectivity index (χ0) is 16.8. The molecule has 0 fully saturated rings. The van der Waals surface area contributed by atoms with E-state index in [1.165, 1.54) is 27.5 Å². The van der Waals surface area contributed by atoms with Crippen molar-refractivity contribution in [3.8, 4) is 0 Å². The van der Waals surface area contributed by atoms with Gasteiger partial charge >= 0.3 is 0 Å². The fourth-order valence-electron chi connectivity index (χ4n) is 4.22. The summed E-state index contributed by atoms with van der Waals surface area (Å²) in [6.45, 7) is 12.4. The van der Waals surface area contributed by atoms with Gasteiger partial charge in [-0.15, -0.1) is 0 Å². The van der Waals surface area contributed by atoms with Crippen LogP contribution in [0.5, 0.6) is 0 Å². The number of carbonyl (C=O) groups excluding carboxylic acids is 1. The maximum Gasteiger partial charge on any atom is 0.220 e. The number of hydrogen-bond acceptors (Lipinski definition) is 1. The van der Waals surface area contributed by atoms with E-state index < -0.39 is 0 Å². The third-order valence-corrected chi connectivity index (χ3v) is 5.07. The van der Waals surface area contributed by atoms with Gasteiger partial charge in [-0.3, -0.25) is 4.79 Å². The second-order valence-corrected chi connectivity index (χ2v) is 7.96. The van der Waals surface area contributed by atoms with Gasteiger partial charge in [-0.2, -0.15) is 0 Å². The van der Waals surface area contributed by atoms with Crippen molar-refractivity contribution in [1.29, 1.82) is 0 Å². The van der Waals surface area contributed by atoms with Gasteiger partial charge in [0.15, 0.2) is 0 Å². The van der Waals surface area contributed by atoms with E-state index in [1.807, 2.05) is 4.90 Å². The number of carbonyl (C=O) groups is 1. The van der Waals surface area contributed by atoms with E-state index >= 15 is 0 Å². The van der Waals surface area contributed by atoms with Crippen LogP contribution in [0.4, 0.5) is 0 Å². The summed E-state index contributed by atoms with van der Waals surface area (Å²) < 4.78 is 0. The summed E-state index contributed by atoms with van der Waals surface area (Å²) in [5.41, 5.74) is 4.27. The van der Waals surface area contributed by atoms with Crippen LogP contribution in [0, 0.1) is 5.92 Å². The molecule has 0 radical (unpaired) electrons. The largest absolute Gasteiger partial charge is 0.334 e. The zero-order valence-electron chi connectivity index (χ0n) is 14.9. The van der Waals surface area contributed by atoms with Crippen LogP contribution >= 0.6 is 0 Å². The fourth-order valence-corrected chi connectivity index (χ4v) is 4.22. The summed E-state index contributed by atoms with van der Waals surface area (Å²) in [5, 5.41) is 2.60. The Bertz CT molecular complexity index is 758. The average Bonchev–Trinajstić information content (AvgIpc) is 2.90. The van der Waals surface area contributed by atoms with Crippen LogP contribution in [0.1, 0.15) is 57.7 Å². The van der Waals surface area contributed by atoms with E-state index in [2.05, 4.69) is 58.0 Å². The average molecular weight is 309 g/mol. The smallest absolute Gasteiger partial charge is 0.220 e. The number of fused-ring (bicyclic) bond motifs is 3. The Morgan fingerprint density at radius 1 is 1.17 bits per heavy atom.